The molecule has 0 saturated heterocycles. The predicted octanol–water partition coefficient (Wildman–Crippen LogP) is 2.31. The highest BCUT2D eigenvalue weighted by Gasteiger charge is 2.05. The first kappa shape index (κ1) is 9.84. The summed E-state index contributed by atoms with van der Waals surface area (Å²) in [7, 11) is 0. The van der Waals surface area contributed by atoms with Crippen molar-refractivity contribution >= 4 is 16.6 Å². The summed E-state index contributed by atoms with van der Waals surface area (Å²) in [6.45, 7) is 2.01. The fourth-order valence-corrected chi connectivity index (χ4v) is 1.80. The van der Waals surface area contributed by atoms with E-state index in [1.54, 1.807) is 4.68 Å². The molecular formula is C13H12N4. The molecule has 2 heterocycles. The lowest BCUT2D eigenvalue weighted by Gasteiger charge is -2.03. The number of anilines is 1. The molecule has 0 bridgehead atoms. The summed E-state index contributed by atoms with van der Waals surface area (Å²) in [4.78, 5) is 4.36. The van der Waals surface area contributed by atoms with Crippen molar-refractivity contribution in [3.63, 3.8) is 0 Å². The van der Waals surface area contributed by atoms with E-state index in [1.807, 2.05) is 49.6 Å². The number of fused-ring (bicyclic) bond motifs is 1. The van der Waals surface area contributed by atoms with Crippen LogP contribution in [0.15, 0.2) is 42.7 Å². The summed E-state index contributed by atoms with van der Waals surface area (Å²) in [5.41, 5.74) is 8.62. The maximum absolute atomic E-state index is 5.79. The lowest BCUT2D eigenvalue weighted by molar-refractivity contribution is 0.873. The Morgan fingerprint density at radius 2 is 2.00 bits per heavy atom. The zero-order valence-electron chi connectivity index (χ0n) is 9.46. The van der Waals surface area contributed by atoms with Gasteiger partial charge in [0, 0.05) is 17.3 Å². The summed E-state index contributed by atoms with van der Waals surface area (Å²) in [6, 6.07) is 9.70. The van der Waals surface area contributed by atoms with E-state index in [4.69, 9.17) is 5.73 Å². The molecule has 0 radical (unpaired) electrons. The van der Waals surface area contributed by atoms with Gasteiger partial charge in [0.25, 0.3) is 0 Å². The Labute approximate surface area is 98.7 Å². The smallest absolute Gasteiger partial charge is 0.153 e. The molecule has 84 valence electrons. The Kier molecular flexibility index (Phi) is 2.08. The van der Waals surface area contributed by atoms with Crippen molar-refractivity contribution in [3.05, 3.63) is 48.3 Å². The molecule has 3 rings (SSSR count). The topological polar surface area (TPSA) is 56.7 Å². The number of rotatable bonds is 1. The summed E-state index contributed by atoms with van der Waals surface area (Å²) >= 11 is 0. The van der Waals surface area contributed by atoms with Crippen LogP contribution >= 0.6 is 0 Å². The van der Waals surface area contributed by atoms with Crippen LogP contribution in [0.5, 0.6) is 0 Å². The van der Waals surface area contributed by atoms with E-state index in [-0.39, 0.29) is 0 Å². The highest BCUT2D eigenvalue weighted by Crippen LogP contribution is 2.19. The van der Waals surface area contributed by atoms with E-state index < -0.39 is 0 Å². The Morgan fingerprint density at radius 3 is 2.76 bits per heavy atom. The summed E-state index contributed by atoms with van der Waals surface area (Å²) < 4.78 is 1.80. The van der Waals surface area contributed by atoms with Crippen LogP contribution in [0.25, 0.3) is 16.7 Å². The average molecular weight is 224 g/mol. The summed E-state index contributed by atoms with van der Waals surface area (Å²) in [6.07, 6.45) is 3.64. The molecule has 0 aliphatic heterocycles. The van der Waals surface area contributed by atoms with Gasteiger partial charge in [-0.25, -0.2) is 9.67 Å². The Balaban J connectivity index is 2.23. The van der Waals surface area contributed by atoms with E-state index in [2.05, 4.69) is 10.1 Å². The molecule has 0 atom stereocenters. The molecule has 0 amide bonds. The van der Waals surface area contributed by atoms with Crippen LogP contribution in [0.3, 0.4) is 0 Å². The zero-order valence-corrected chi connectivity index (χ0v) is 9.46. The van der Waals surface area contributed by atoms with Gasteiger partial charge in [-0.15, -0.1) is 0 Å². The molecule has 0 fully saturated rings. The van der Waals surface area contributed by atoms with E-state index in [0.29, 0.717) is 0 Å². The first-order chi connectivity index (χ1) is 8.24. The molecule has 17 heavy (non-hydrogen) atoms. The number of pyridine rings is 1. The maximum atomic E-state index is 5.79. The van der Waals surface area contributed by atoms with Crippen LogP contribution in [0, 0.1) is 6.92 Å². The van der Waals surface area contributed by atoms with Crippen LogP contribution in [-0.4, -0.2) is 14.8 Å². The fraction of sp³-hybridized carbons (Fsp3) is 0.0769. The first-order valence-electron chi connectivity index (χ1n) is 5.40. The lowest BCUT2D eigenvalue weighted by Crippen LogP contribution is -1.99. The second kappa shape index (κ2) is 3.59. The zero-order chi connectivity index (χ0) is 11.8. The molecule has 4 nitrogen and oxygen atoms in total. The van der Waals surface area contributed by atoms with Crippen molar-refractivity contribution in [2.75, 3.05) is 5.73 Å². The monoisotopic (exact) mass is 224 g/mol. The van der Waals surface area contributed by atoms with Crippen molar-refractivity contribution < 1.29 is 0 Å². The standard InChI is InChI=1S/C13H12N4/c1-9-2-5-13(15-7-9)17-12-6-11(14)4-3-10(12)8-16-17/h2-8H,14H2,1H3. The fourth-order valence-electron chi connectivity index (χ4n) is 1.80. The molecule has 2 N–H and O–H groups in total. The van der Waals surface area contributed by atoms with Crippen LogP contribution < -0.4 is 5.73 Å². The van der Waals surface area contributed by atoms with Gasteiger partial charge in [0.2, 0.25) is 0 Å². The number of nitrogens with two attached hydrogens (primary N) is 1. The molecule has 4 heteroatoms. The average Bonchev–Trinajstić information content (AvgIpc) is 2.73. The molecule has 2 aromatic heterocycles. The molecule has 3 aromatic rings. The predicted molar refractivity (Wildman–Crippen MR) is 68.0 cm³/mol. The van der Waals surface area contributed by atoms with Gasteiger partial charge in [-0.05, 0) is 36.8 Å². The largest absolute Gasteiger partial charge is 0.399 e. The van der Waals surface area contributed by atoms with E-state index in [0.717, 1.165) is 28.0 Å². The Hall–Kier alpha value is -2.36. The third-order valence-corrected chi connectivity index (χ3v) is 2.71. The highest BCUT2D eigenvalue weighted by molar-refractivity contribution is 5.83. The van der Waals surface area contributed by atoms with Crippen molar-refractivity contribution in [1.82, 2.24) is 14.8 Å². The minimum atomic E-state index is 0.728. The van der Waals surface area contributed by atoms with Crippen LogP contribution in [0.1, 0.15) is 5.56 Å². The number of hydrogen-bond donors (Lipinski definition) is 1. The van der Waals surface area contributed by atoms with Gasteiger partial charge in [-0.1, -0.05) is 6.07 Å². The number of benzene rings is 1. The molecule has 0 unspecified atom stereocenters. The maximum Gasteiger partial charge on any atom is 0.153 e. The third-order valence-electron chi connectivity index (χ3n) is 2.71. The van der Waals surface area contributed by atoms with Gasteiger partial charge in [0.15, 0.2) is 5.82 Å². The second-order valence-corrected chi connectivity index (χ2v) is 4.07. The normalized spacial score (nSPS) is 10.9. The number of aromatic nitrogens is 3. The number of aryl methyl sites for hydroxylation is 1. The third kappa shape index (κ3) is 1.63. The first-order valence-corrected chi connectivity index (χ1v) is 5.40. The molecule has 0 aliphatic rings. The van der Waals surface area contributed by atoms with E-state index in [1.165, 1.54) is 0 Å². The van der Waals surface area contributed by atoms with E-state index >= 15 is 0 Å². The van der Waals surface area contributed by atoms with Crippen molar-refractivity contribution in [1.29, 1.82) is 0 Å². The molecule has 0 saturated carbocycles. The molecule has 1 aromatic carbocycles. The van der Waals surface area contributed by atoms with E-state index in [9.17, 15) is 0 Å². The van der Waals surface area contributed by atoms with Crippen molar-refractivity contribution in [2.24, 2.45) is 0 Å². The van der Waals surface area contributed by atoms with Gasteiger partial charge in [0.1, 0.15) is 0 Å². The van der Waals surface area contributed by atoms with Gasteiger partial charge < -0.3 is 5.73 Å². The van der Waals surface area contributed by atoms with Gasteiger partial charge >= 0.3 is 0 Å². The van der Waals surface area contributed by atoms with Crippen LogP contribution in [-0.2, 0) is 0 Å². The minimum absolute atomic E-state index is 0.728. The van der Waals surface area contributed by atoms with Gasteiger partial charge in [0.05, 0.1) is 11.7 Å². The molecule has 0 aliphatic carbocycles. The number of nitrogens with zero attached hydrogens (tertiary/aromatic N) is 3. The minimum Gasteiger partial charge on any atom is -0.399 e. The van der Waals surface area contributed by atoms with Gasteiger partial charge in [-0.2, -0.15) is 5.10 Å². The van der Waals surface area contributed by atoms with Crippen LogP contribution in [0.2, 0.25) is 0 Å². The number of nitrogen functional groups attached to an aromatic ring is 1. The Bertz CT molecular complexity index is 667. The molecule has 0 spiro atoms. The lowest BCUT2D eigenvalue weighted by atomic mass is 10.2. The second-order valence-electron chi connectivity index (χ2n) is 4.07. The van der Waals surface area contributed by atoms with Crippen LogP contribution in [0.4, 0.5) is 5.69 Å². The summed E-state index contributed by atoms with van der Waals surface area (Å²) in [5, 5.41) is 5.39. The Morgan fingerprint density at radius 1 is 1.12 bits per heavy atom. The highest BCUT2D eigenvalue weighted by atomic mass is 15.3. The van der Waals surface area contributed by atoms with Gasteiger partial charge in [-0.3, -0.25) is 0 Å². The number of hydrogen-bond acceptors (Lipinski definition) is 3. The quantitative estimate of drug-likeness (QED) is 0.645. The van der Waals surface area contributed by atoms with Crippen molar-refractivity contribution in [3.8, 4) is 5.82 Å². The SMILES string of the molecule is Cc1ccc(-n2ncc3ccc(N)cc32)nc1. The molecular weight excluding hydrogens is 212 g/mol. The summed E-state index contributed by atoms with van der Waals surface area (Å²) in [5.74, 6) is 0.802. The van der Waals surface area contributed by atoms with Crippen molar-refractivity contribution in [2.45, 2.75) is 6.92 Å².